The zero-order chi connectivity index (χ0) is 12.0. The zero-order valence-corrected chi connectivity index (χ0v) is 10.3. The quantitative estimate of drug-likeness (QED) is 0.729. The van der Waals surface area contributed by atoms with E-state index < -0.39 is 0 Å². The van der Waals surface area contributed by atoms with Crippen LogP contribution in [0.15, 0.2) is 18.2 Å². The number of H-pyrrole nitrogens is 1. The Morgan fingerprint density at radius 3 is 3.00 bits per heavy atom. The molecule has 0 bridgehead atoms. The zero-order valence-electron chi connectivity index (χ0n) is 10.3. The number of aromatic nitrogens is 1. The summed E-state index contributed by atoms with van der Waals surface area (Å²) in [4.78, 5) is 3.46. The number of aryl methyl sites for hydroxylation is 2. The monoisotopic (exact) mass is 224 g/mol. The smallest absolute Gasteiger partial charge is 0.0946 e. The van der Waals surface area contributed by atoms with Crippen LogP contribution in [0.2, 0.25) is 0 Å². The molecule has 0 saturated heterocycles. The van der Waals surface area contributed by atoms with Crippen molar-refractivity contribution in [1.29, 1.82) is 5.26 Å². The number of nitrogens with one attached hydrogen (secondary N) is 1. The fourth-order valence-electron chi connectivity index (χ4n) is 2.95. The van der Waals surface area contributed by atoms with E-state index in [1.165, 1.54) is 22.0 Å². The van der Waals surface area contributed by atoms with Gasteiger partial charge < -0.3 is 4.98 Å². The van der Waals surface area contributed by atoms with Gasteiger partial charge in [0.1, 0.15) is 0 Å². The summed E-state index contributed by atoms with van der Waals surface area (Å²) in [5.74, 6) is 0. The summed E-state index contributed by atoms with van der Waals surface area (Å²) in [7, 11) is 0. The lowest BCUT2D eigenvalue weighted by Gasteiger charge is -2.26. The van der Waals surface area contributed by atoms with Crippen LogP contribution in [0.4, 0.5) is 0 Å². The first-order valence-electron chi connectivity index (χ1n) is 6.17. The van der Waals surface area contributed by atoms with Crippen molar-refractivity contribution < 1.29 is 0 Å². The fourth-order valence-corrected chi connectivity index (χ4v) is 2.95. The van der Waals surface area contributed by atoms with E-state index in [9.17, 15) is 5.26 Å². The van der Waals surface area contributed by atoms with Crippen LogP contribution in [0.3, 0.4) is 0 Å². The molecule has 1 N–H and O–H groups in total. The van der Waals surface area contributed by atoms with Crippen LogP contribution < -0.4 is 0 Å². The largest absolute Gasteiger partial charge is 0.357 e. The van der Waals surface area contributed by atoms with Crippen LogP contribution in [0.25, 0.3) is 10.9 Å². The molecule has 17 heavy (non-hydrogen) atoms. The number of aromatic amines is 1. The first kappa shape index (κ1) is 10.4. The molecule has 0 aliphatic heterocycles. The SMILES string of the molecule is Cc1ccc2[nH]c3c(c2c1)CCCC3(C)C#N. The molecule has 2 aromatic rings. The Morgan fingerprint density at radius 2 is 2.24 bits per heavy atom. The van der Waals surface area contributed by atoms with Gasteiger partial charge in [0.15, 0.2) is 0 Å². The van der Waals surface area contributed by atoms with Gasteiger partial charge >= 0.3 is 0 Å². The molecular formula is C15H16N2. The molecule has 2 nitrogen and oxygen atoms in total. The maximum absolute atomic E-state index is 9.41. The van der Waals surface area contributed by atoms with Crippen LogP contribution >= 0.6 is 0 Å². The van der Waals surface area contributed by atoms with Crippen LogP contribution in [0.1, 0.15) is 36.6 Å². The van der Waals surface area contributed by atoms with Gasteiger partial charge in [-0.05, 0) is 50.8 Å². The molecule has 1 aromatic heterocycles. The van der Waals surface area contributed by atoms with Crippen molar-refractivity contribution in [3.05, 3.63) is 35.0 Å². The number of hydrogen-bond acceptors (Lipinski definition) is 1. The number of nitriles is 1. The molecule has 86 valence electrons. The van der Waals surface area contributed by atoms with Gasteiger partial charge in [0.25, 0.3) is 0 Å². The molecule has 0 saturated carbocycles. The molecule has 1 aromatic carbocycles. The summed E-state index contributed by atoms with van der Waals surface area (Å²) in [6.07, 6.45) is 3.16. The molecule has 0 radical (unpaired) electrons. The van der Waals surface area contributed by atoms with Gasteiger partial charge in [0.05, 0.1) is 11.5 Å². The van der Waals surface area contributed by atoms with Gasteiger partial charge in [-0.2, -0.15) is 5.26 Å². The predicted molar refractivity (Wildman–Crippen MR) is 68.9 cm³/mol. The third-order valence-corrected chi connectivity index (χ3v) is 3.96. The highest BCUT2D eigenvalue weighted by Gasteiger charge is 2.34. The molecule has 1 heterocycles. The molecule has 1 atom stereocenters. The van der Waals surface area contributed by atoms with Crippen molar-refractivity contribution in [3.63, 3.8) is 0 Å². The second-order valence-corrected chi connectivity index (χ2v) is 5.33. The lowest BCUT2D eigenvalue weighted by molar-refractivity contribution is 0.483. The lowest BCUT2D eigenvalue weighted by Crippen LogP contribution is -2.25. The fraction of sp³-hybridized carbons (Fsp3) is 0.400. The average Bonchev–Trinajstić information content (AvgIpc) is 2.69. The minimum Gasteiger partial charge on any atom is -0.357 e. The van der Waals surface area contributed by atoms with Gasteiger partial charge in [-0.15, -0.1) is 0 Å². The Labute approximate surface area is 101 Å². The molecule has 0 amide bonds. The minimum absolute atomic E-state index is 0.333. The normalized spacial score (nSPS) is 23.4. The van der Waals surface area contributed by atoms with Gasteiger partial charge in [-0.25, -0.2) is 0 Å². The predicted octanol–water partition coefficient (Wildman–Crippen LogP) is 3.59. The van der Waals surface area contributed by atoms with Crippen LogP contribution in [0, 0.1) is 18.3 Å². The Balaban J connectivity index is 2.34. The van der Waals surface area contributed by atoms with E-state index in [4.69, 9.17) is 0 Å². The Morgan fingerprint density at radius 1 is 1.41 bits per heavy atom. The second kappa shape index (κ2) is 3.37. The molecule has 3 rings (SSSR count). The highest BCUT2D eigenvalue weighted by atomic mass is 14.8. The number of hydrogen-bond donors (Lipinski definition) is 1. The van der Waals surface area contributed by atoms with E-state index >= 15 is 0 Å². The van der Waals surface area contributed by atoms with E-state index in [0.717, 1.165) is 25.0 Å². The highest BCUT2D eigenvalue weighted by Crippen LogP contribution is 2.39. The standard InChI is InChI=1S/C15H16N2/c1-10-5-6-13-12(8-10)11-4-3-7-15(2,9-16)14(11)17-13/h5-6,8,17H,3-4,7H2,1-2H3. The van der Waals surface area contributed by atoms with E-state index in [0.29, 0.717) is 0 Å². The van der Waals surface area contributed by atoms with Crippen LogP contribution in [-0.4, -0.2) is 4.98 Å². The van der Waals surface area contributed by atoms with E-state index in [1.807, 2.05) is 6.92 Å². The number of nitrogens with zero attached hydrogens (tertiary/aromatic N) is 1. The first-order valence-corrected chi connectivity index (χ1v) is 6.17. The maximum Gasteiger partial charge on any atom is 0.0946 e. The molecule has 1 unspecified atom stereocenters. The molecule has 2 heteroatoms. The van der Waals surface area contributed by atoms with E-state index in [-0.39, 0.29) is 5.41 Å². The first-order chi connectivity index (χ1) is 8.14. The molecule has 1 aliphatic carbocycles. The van der Waals surface area contributed by atoms with Crippen molar-refractivity contribution in [2.45, 2.75) is 38.5 Å². The minimum atomic E-state index is -0.333. The summed E-state index contributed by atoms with van der Waals surface area (Å²) in [6.45, 7) is 4.17. The van der Waals surface area contributed by atoms with Crippen molar-refractivity contribution in [2.24, 2.45) is 0 Å². The molecular weight excluding hydrogens is 208 g/mol. The van der Waals surface area contributed by atoms with Gasteiger partial charge in [0.2, 0.25) is 0 Å². The second-order valence-electron chi connectivity index (χ2n) is 5.33. The van der Waals surface area contributed by atoms with Gasteiger partial charge in [-0.1, -0.05) is 11.6 Å². The molecule has 0 fully saturated rings. The summed E-state index contributed by atoms with van der Waals surface area (Å²) in [5.41, 5.74) is 4.62. The summed E-state index contributed by atoms with van der Waals surface area (Å²) in [6, 6.07) is 8.96. The Hall–Kier alpha value is -1.75. The van der Waals surface area contributed by atoms with Crippen LogP contribution in [0.5, 0.6) is 0 Å². The van der Waals surface area contributed by atoms with Gasteiger partial charge in [0, 0.05) is 16.6 Å². The Kier molecular flexibility index (Phi) is 2.06. The number of rotatable bonds is 0. The lowest BCUT2D eigenvalue weighted by atomic mass is 9.76. The summed E-state index contributed by atoms with van der Waals surface area (Å²) in [5, 5.41) is 10.7. The summed E-state index contributed by atoms with van der Waals surface area (Å²) >= 11 is 0. The molecule has 0 spiro atoms. The van der Waals surface area contributed by atoms with Gasteiger partial charge in [-0.3, -0.25) is 0 Å². The summed E-state index contributed by atoms with van der Waals surface area (Å²) < 4.78 is 0. The third kappa shape index (κ3) is 1.39. The topological polar surface area (TPSA) is 39.6 Å². The number of benzene rings is 1. The number of fused-ring (bicyclic) bond motifs is 3. The van der Waals surface area contributed by atoms with E-state index in [2.05, 4.69) is 36.2 Å². The van der Waals surface area contributed by atoms with Crippen molar-refractivity contribution in [2.75, 3.05) is 0 Å². The average molecular weight is 224 g/mol. The van der Waals surface area contributed by atoms with Crippen molar-refractivity contribution in [3.8, 4) is 6.07 Å². The highest BCUT2D eigenvalue weighted by molar-refractivity contribution is 5.86. The maximum atomic E-state index is 9.41. The van der Waals surface area contributed by atoms with Crippen LogP contribution in [-0.2, 0) is 11.8 Å². The van der Waals surface area contributed by atoms with E-state index in [1.54, 1.807) is 0 Å². The van der Waals surface area contributed by atoms with Crippen molar-refractivity contribution in [1.82, 2.24) is 4.98 Å². The van der Waals surface area contributed by atoms with Crippen molar-refractivity contribution >= 4 is 10.9 Å². The third-order valence-electron chi connectivity index (χ3n) is 3.96. The molecule has 1 aliphatic rings. The Bertz CT molecular complexity index is 630.